The first-order chi connectivity index (χ1) is 16.1. The molecule has 1 N–H and O–H groups in total. The normalized spacial score (nSPS) is 33.9. The van der Waals surface area contributed by atoms with Crippen molar-refractivity contribution in [1.82, 2.24) is 9.55 Å². The lowest BCUT2D eigenvalue weighted by atomic mass is 9.56. The van der Waals surface area contributed by atoms with Crippen molar-refractivity contribution in [3.63, 3.8) is 0 Å². The maximum Gasteiger partial charge on any atom is 0.337 e. The number of aromatic nitrogens is 2. The molecule has 172 valence electrons. The number of nitrogens with zero attached hydrogens (tertiary/aromatic N) is 2. The Balaban J connectivity index is 1.14. The van der Waals surface area contributed by atoms with Crippen LogP contribution in [0.5, 0.6) is 0 Å². The maximum atomic E-state index is 13.2. The number of imidazole rings is 1. The van der Waals surface area contributed by atoms with Gasteiger partial charge in [-0.05, 0) is 92.5 Å². The lowest BCUT2D eigenvalue weighted by molar-refractivity contribution is -0.122. The van der Waals surface area contributed by atoms with E-state index in [9.17, 15) is 9.59 Å². The van der Waals surface area contributed by atoms with Crippen LogP contribution >= 0.6 is 0 Å². The van der Waals surface area contributed by atoms with Crippen molar-refractivity contribution in [3.8, 4) is 0 Å². The Morgan fingerprint density at radius 3 is 2.52 bits per heavy atom. The van der Waals surface area contributed by atoms with Gasteiger partial charge in [-0.15, -0.1) is 0 Å². The van der Waals surface area contributed by atoms with Gasteiger partial charge in [-0.2, -0.15) is 0 Å². The molecule has 0 saturated heterocycles. The van der Waals surface area contributed by atoms with Crippen molar-refractivity contribution in [2.24, 2.45) is 35.5 Å². The van der Waals surface area contributed by atoms with Gasteiger partial charge in [0.2, 0.25) is 5.91 Å². The summed E-state index contributed by atoms with van der Waals surface area (Å²) in [4.78, 5) is 29.4. The van der Waals surface area contributed by atoms with Crippen LogP contribution in [0.25, 0.3) is 6.08 Å². The summed E-state index contributed by atoms with van der Waals surface area (Å²) >= 11 is 0. The molecule has 7 atom stereocenters. The van der Waals surface area contributed by atoms with Crippen LogP contribution in [0, 0.1) is 35.5 Å². The van der Waals surface area contributed by atoms with Gasteiger partial charge in [0.25, 0.3) is 0 Å². The Hall–Kier alpha value is -2.89. The number of hydrogen-bond acceptors (Lipinski definition) is 4. The number of ether oxygens (including phenoxy) is 1. The second kappa shape index (κ2) is 8.15. The van der Waals surface area contributed by atoms with Gasteiger partial charge in [0.05, 0.1) is 12.7 Å². The molecule has 6 rings (SSSR count). The Morgan fingerprint density at radius 2 is 1.70 bits per heavy atom. The predicted molar refractivity (Wildman–Crippen MR) is 125 cm³/mol. The first-order valence-corrected chi connectivity index (χ1v) is 12.3. The molecule has 3 aliphatic carbocycles. The summed E-state index contributed by atoms with van der Waals surface area (Å²) in [6, 6.07) is 7.53. The maximum absolute atomic E-state index is 13.2. The van der Waals surface area contributed by atoms with Gasteiger partial charge in [0, 0.05) is 36.0 Å². The molecule has 1 aromatic carbocycles. The third-order valence-electron chi connectivity index (χ3n) is 8.98. The zero-order valence-corrected chi connectivity index (χ0v) is 19.0. The average Bonchev–Trinajstić information content (AvgIpc) is 3.51. The number of carbonyl (C=O) groups excluding carboxylic acids is 2. The Labute approximate surface area is 194 Å². The summed E-state index contributed by atoms with van der Waals surface area (Å²) in [7, 11) is 1.37. The molecule has 3 fully saturated rings. The van der Waals surface area contributed by atoms with Gasteiger partial charge in [-0.1, -0.05) is 6.08 Å². The molecule has 33 heavy (non-hydrogen) atoms. The number of allylic oxidation sites excluding steroid dienone is 1. The number of amides is 1. The van der Waals surface area contributed by atoms with Crippen molar-refractivity contribution >= 4 is 23.6 Å². The smallest absolute Gasteiger partial charge is 0.337 e. The summed E-state index contributed by atoms with van der Waals surface area (Å²) in [6.45, 7) is 0. The second-order valence-electron chi connectivity index (χ2n) is 10.2. The highest BCUT2D eigenvalue weighted by molar-refractivity contribution is 5.94. The molecule has 1 unspecified atom stereocenters. The van der Waals surface area contributed by atoms with Crippen molar-refractivity contribution in [2.75, 3.05) is 12.4 Å². The SMILES string of the molecule is COC(=O)c1ccc(NC(=O)[C@@H]2CC[C@H]3[C@@H]4CCC5[C@H](C=Cc6nccn65)[C@H]4CC[C@@H]32)cc1. The standard InChI is InChI=1S/C27H31N3O3/c1-33-27(32)16-2-4-17(5-3-16)29-26(31)23-9-8-18-19-10-12-24-22(20(19)6-7-21(18)23)11-13-25-28-14-15-30(24)25/h2-5,11,13-15,18-24H,6-10,12H2,1H3,(H,29,31)/t18-,19-,20-,21-,22+,23+,24?/m0/s1. The van der Waals surface area contributed by atoms with E-state index in [4.69, 9.17) is 4.74 Å². The van der Waals surface area contributed by atoms with Gasteiger partial charge in [0.15, 0.2) is 0 Å². The average molecular weight is 446 g/mol. The van der Waals surface area contributed by atoms with E-state index in [1.807, 2.05) is 6.20 Å². The second-order valence-corrected chi connectivity index (χ2v) is 10.2. The summed E-state index contributed by atoms with van der Waals surface area (Å²) in [5, 5.41) is 3.11. The number of rotatable bonds is 3. The number of benzene rings is 1. The fraction of sp³-hybridized carbons (Fsp3) is 0.519. The summed E-state index contributed by atoms with van der Waals surface area (Å²) < 4.78 is 7.14. The molecule has 6 nitrogen and oxygen atoms in total. The molecule has 1 aromatic heterocycles. The topological polar surface area (TPSA) is 73.2 Å². The van der Waals surface area contributed by atoms with E-state index < -0.39 is 0 Å². The summed E-state index contributed by atoms with van der Waals surface area (Å²) in [6.07, 6.45) is 15.7. The third-order valence-corrected chi connectivity index (χ3v) is 8.98. The fourth-order valence-electron chi connectivity index (χ4n) is 7.60. The van der Waals surface area contributed by atoms with Crippen molar-refractivity contribution in [3.05, 3.63) is 54.1 Å². The van der Waals surface area contributed by atoms with Crippen LogP contribution in [0.4, 0.5) is 5.69 Å². The quantitative estimate of drug-likeness (QED) is 0.678. The van der Waals surface area contributed by atoms with Gasteiger partial charge >= 0.3 is 5.97 Å². The molecule has 4 aliphatic rings. The molecule has 2 aromatic rings. The number of anilines is 1. The van der Waals surface area contributed by atoms with E-state index >= 15 is 0 Å². The zero-order chi connectivity index (χ0) is 22.5. The molecule has 1 aliphatic heterocycles. The van der Waals surface area contributed by atoms with Crippen molar-refractivity contribution < 1.29 is 14.3 Å². The van der Waals surface area contributed by atoms with Gasteiger partial charge < -0.3 is 14.6 Å². The van der Waals surface area contributed by atoms with Gasteiger partial charge in [0.1, 0.15) is 5.82 Å². The van der Waals surface area contributed by atoms with E-state index in [1.54, 1.807) is 24.3 Å². The minimum absolute atomic E-state index is 0.0936. The minimum Gasteiger partial charge on any atom is -0.465 e. The largest absolute Gasteiger partial charge is 0.465 e. The molecule has 0 spiro atoms. The van der Waals surface area contributed by atoms with Gasteiger partial charge in [-0.3, -0.25) is 4.79 Å². The number of hydrogen-bond donors (Lipinski definition) is 1. The Bertz CT molecular complexity index is 1090. The van der Waals surface area contributed by atoms with Gasteiger partial charge in [-0.25, -0.2) is 9.78 Å². The molecule has 2 heterocycles. The molecular weight excluding hydrogens is 414 g/mol. The van der Waals surface area contributed by atoms with Crippen LogP contribution in [0.3, 0.4) is 0 Å². The fourth-order valence-corrected chi connectivity index (χ4v) is 7.60. The lowest BCUT2D eigenvalue weighted by Crippen LogP contribution is -2.44. The van der Waals surface area contributed by atoms with Crippen molar-refractivity contribution in [2.45, 2.75) is 44.6 Å². The number of esters is 1. The molecule has 0 radical (unpaired) electrons. The van der Waals surface area contributed by atoms with E-state index in [1.165, 1.54) is 32.8 Å². The number of methoxy groups -OCH3 is 1. The summed E-state index contributed by atoms with van der Waals surface area (Å²) in [5.41, 5.74) is 1.23. The van der Waals surface area contributed by atoms with E-state index in [0.29, 0.717) is 29.4 Å². The number of nitrogens with one attached hydrogen (secondary N) is 1. The van der Waals surface area contributed by atoms with Crippen LogP contribution < -0.4 is 5.32 Å². The highest BCUT2D eigenvalue weighted by Gasteiger charge is 2.52. The highest BCUT2D eigenvalue weighted by Crippen LogP contribution is 2.58. The van der Waals surface area contributed by atoms with E-state index in [-0.39, 0.29) is 17.8 Å². The number of fused-ring (bicyclic) bond motifs is 7. The Kier molecular flexibility index (Phi) is 5.11. The first-order valence-electron chi connectivity index (χ1n) is 12.3. The zero-order valence-electron chi connectivity index (χ0n) is 19.0. The molecular formula is C27H31N3O3. The molecule has 3 saturated carbocycles. The van der Waals surface area contributed by atoms with Crippen molar-refractivity contribution in [1.29, 1.82) is 0 Å². The van der Waals surface area contributed by atoms with E-state index in [2.05, 4.69) is 33.2 Å². The summed E-state index contributed by atoms with van der Waals surface area (Å²) in [5.74, 6) is 4.19. The third kappa shape index (κ3) is 3.42. The molecule has 1 amide bonds. The Morgan fingerprint density at radius 1 is 0.970 bits per heavy atom. The first kappa shape index (κ1) is 20.7. The molecule has 0 bridgehead atoms. The van der Waals surface area contributed by atoms with Crippen LogP contribution in [-0.4, -0.2) is 28.5 Å². The predicted octanol–water partition coefficient (Wildman–Crippen LogP) is 4.95. The van der Waals surface area contributed by atoms with Crippen LogP contribution in [0.1, 0.15) is 60.7 Å². The lowest BCUT2D eigenvalue weighted by Gasteiger charge is -2.51. The minimum atomic E-state index is -0.366. The van der Waals surface area contributed by atoms with Crippen LogP contribution in [-0.2, 0) is 9.53 Å². The number of carbonyl (C=O) groups is 2. The van der Waals surface area contributed by atoms with Crippen LogP contribution in [0.2, 0.25) is 0 Å². The highest BCUT2D eigenvalue weighted by atomic mass is 16.5. The molecule has 6 heteroatoms. The van der Waals surface area contributed by atoms with Crippen LogP contribution in [0.15, 0.2) is 42.7 Å². The van der Waals surface area contributed by atoms with E-state index in [0.717, 1.165) is 36.2 Å². The monoisotopic (exact) mass is 445 g/mol.